The molecule has 18 heavy (non-hydrogen) atoms. The zero-order chi connectivity index (χ0) is 13.5. The molecule has 2 rings (SSSR count). The third kappa shape index (κ3) is 2.42. The van der Waals surface area contributed by atoms with Crippen molar-refractivity contribution in [1.29, 1.82) is 0 Å². The van der Waals surface area contributed by atoms with Crippen LogP contribution in [0.4, 0.5) is 11.4 Å². The smallest absolute Gasteiger partial charge is 0.337 e. The Kier molecular flexibility index (Phi) is 2.97. The van der Waals surface area contributed by atoms with Crippen molar-refractivity contribution < 1.29 is 9.90 Å². The number of rotatable bonds is 4. The van der Waals surface area contributed by atoms with Crippen molar-refractivity contribution in [3.8, 4) is 0 Å². The van der Waals surface area contributed by atoms with Crippen molar-refractivity contribution >= 4 is 17.3 Å². The van der Waals surface area contributed by atoms with Gasteiger partial charge in [0, 0.05) is 16.9 Å². The monoisotopic (exact) mass is 248 g/mol. The van der Waals surface area contributed by atoms with Gasteiger partial charge >= 0.3 is 5.97 Å². The second kappa shape index (κ2) is 4.19. The number of hydrogen-bond acceptors (Lipinski definition) is 3. The van der Waals surface area contributed by atoms with Crippen LogP contribution in [-0.2, 0) is 0 Å². The van der Waals surface area contributed by atoms with Crippen LogP contribution in [0.15, 0.2) is 12.1 Å². The van der Waals surface area contributed by atoms with Gasteiger partial charge in [0.1, 0.15) is 0 Å². The Labute approximate surface area is 107 Å². The van der Waals surface area contributed by atoms with Gasteiger partial charge in [0.15, 0.2) is 0 Å². The van der Waals surface area contributed by atoms with Crippen molar-refractivity contribution in [3.05, 3.63) is 23.3 Å². The number of nitrogen functional groups attached to an aromatic ring is 1. The molecule has 98 valence electrons. The molecule has 4 N–H and O–H groups in total. The average molecular weight is 248 g/mol. The zero-order valence-electron chi connectivity index (χ0n) is 11.1. The first-order valence-electron chi connectivity index (χ1n) is 6.23. The van der Waals surface area contributed by atoms with Crippen LogP contribution in [0.25, 0.3) is 0 Å². The number of carbonyl (C=O) groups is 1. The molecule has 0 amide bonds. The third-order valence-electron chi connectivity index (χ3n) is 3.68. The first-order chi connectivity index (χ1) is 8.31. The molecule has 1 aromatic carbocycles. The Bertz CT molecular complexity index is 491. The third-order valence-corrected chi connectivity index (χ3v) is 3.68. The molecule has 0 radical (unpaired) electrons. The Hall–Kier alpha value is -1.71. The number of aromatic carboxylic acids is 1. The van der Waals surface area contributed by atoms with Crippen molar-refractivity contribution in [3.63, 3.8) is 0 Å². The average Bonchev–Trinajstić information content (AvgIpc) is 3.05. The lowest BCUT2D eigenvalue weighted by Crippen LogP contribution is -2.33. The van der Waals surface area contributed by atoms with Crippen LogP contribution in [0.3, 0.4) is 0 Å². The number of carboxylic acids is 1. The van der Waals surface area contributed by atoms with E-state index in [2.05, 4.69) is 19.2 Å². The molecule has 0 saturated heterocycles. The molecule has 4 nitrogen and oxygen atoms in total. The summed E-state index contributed by atoms with van der Waals surface area (Å²) < 4.78 is 0. The molecule has 1 aliphatic rings. The quantitative estimate of drug-likeness (QED) is 0.716. The van der Waals surface area contributed by atoms with Gasteiger partial charge in [-0.25, -0.2) is 4.79 Å². The van der Waals surface area contributed by atoms with Crippen molar-refractivity contribution in [2.75, 3.05) is 11.1 Å². The highest BCUT2D eigenvalue weighted by Crippen LogP contribution is 2.41. The lowest BCUT2D eigenvalue weighted by Gasteiger charge is -2.28. The molecule has 1 aromatic rings. The van der Waals surface area contributed by atoms with E-state index in [1.165, 1.54) is 12.8 Å². The van der Waals surface area contributed by atoms with Gasteiger partial charge in [0.25, 0.3) is 0 Å². The highest BCUT2D eigenvalue weighted by atomic mass is 16.4. The number of nitrogens with two attached hydrogens (primary N) is 1. The Morgan fingerprint density at radius 3 is 2.56 bits per heavy atom. The number of aryl methyl sites for hydroxylation is 1. The summed E-state index contributed by atoms with van der Waals surface area (Å²) in [7, 11) is 0. The summed E-state index contributed by atoms with van der Waals surface area (Å²) in [6.45, 7) is 6.13. The Morgan fingerprint density at radius 2 is 2.06 bits per heavy atom. The normalized spacial score (nSPS) is 15.5. The summed E-state index contributed by atoms with van der Waals surface area (Å²) >= 11 is 0. The summed E-state index contributed by atoms with van der Waals surface area (Å²) in [6.07, 6.45) is 2.47. The lowest BCUT2D eigenvalue weighted by atomic mass is 9.97. The largest absolute Gasteiger partial charge is 0.478 e. The van der Waals surface area contributed by atoms with Crippen LogP contribution in [0, 0.1) is 12.8 Å². The van der Waals surface area contributed by atoms with Gasteiger partial charge in [-0.15, -0.1) is 0 Å². The molecule has 1 aliphatic carbocycles. The molecular weight excluding hydrogens is 228 g/mol. The number of hydrogen-bond donors (Lipinski definition) is 3. The number of nitrogens with one attached hydrogen (secondary N) is 1. The van der Waals surface area contributed by atoms with Gasteiger partial charge in [0.2, 0.25) is 0 Å². The van der Waals surface area contributed by atoms with E-state index in [1.807, 2.05) is 13.0 Å². The number of carboxylic acid groups (broad SMARTS) is 1. The molecule has 0 unspecified atom stereocenters. The summed E-state index contributed by atoms with van der Waals surface area (Å²) in [5.41, 5.74) is 7.92. The SMILES string of the molecule is Cc1cc(NC(C)(C)C2CC2)cc(C(=O)O)c1N. The van der Waals surface area contributed by atoms with E-state index in [-0.39, 0.29) is 11.1 Å². The first-order valence-corrected chi connectivity index (χ1v) is 6.23. The molecule has 4 heteroatoms. The van der Waals surface area contributed by atoms with E-state index in [1.54, 1.807) is 6.07 Å². The predicted molar refractivity (Wildman–Crippen MR) is 73.0 cm³/mol. The van der Waals surface area contributed by atoms with E-state index in [9.17, 15) is 4.79 Å². The van der Waals surface area contributed by atoms with Crippen LogP contribution in [0.1, 0.15) is 42.6 Å². The van der Waals surface area contributed by atoms with Crippen LogP contribution in [0.2, 0.25) is 0 Å². The van der Waals surface area contributed by atoms with Gasteiger partial charge in [-0.1, -0.05) is 0 Å². The minimum Gasteiger partial charge on any atom is -0.478 e. The summed E-state index contributed by atoms with van der Waals surface area (Å²) in [4.78, 5) is 11.1. The van der Waals surface area contributed by atoms with Crippen molar-refractivity contribution in [2.24, 2.45) is 5.92 Å². The van der Waals surface area contributed by atoms with E-state index >= 15 is 0 Å². The maximum absolute atomic E-state index is 11.1. The molecule has 0 heterocycles. The van der Waals surface area contributed by atoms with Gasteiger partial charge < -0.3 is 16.2 Å². The topological polar surface area (TPSA) is 75.3 Å². The molecule has 0 bridgehead atoms. The fourth-order valence-electron chi connectivity index (χ4n) is 2.33. The first kappa shape index (κ1) is 12.7. The summed E-state index contributed by atoms with van der Waals surface area (Å²) in [5, 5.41) is 12.6. The Balaban J connectivity index is 2.31. The summed E-state index contributed by atoms with van der Waals surface area (Å²) in [6, 6.07) is 3.53. The molecule has 1 fully saturated rings. The van der Waals surface area contributed by atoms with Crippen LogP contribution < -0.4 is 11.1 Å². The van der Waals surface area contributed by atoms with Crippen LogP contribution >= 0.6 is 0 Å². The highest BCUT2D eigenvalue weighted by molar-refractivity contribution is 5.95. The predicted octanol–water partition coefficient (Wildman–Crippen LogP) is 2.88. The van der Waals surface area contributed by atoms with Gasteiger partial charge in [-0.05, 0) is 57.2 Å². The molecule has 0 aromatic heterocycles. The fraction of sp³-hybridized carbons (Fsp3) is 0.500. The van der Waals surface area contributed by atoms with Crippen molar-refractivity contribution in [1.82, 2.24) is 0 Å². The molecular formula is C14H20N2O2. The summed E-state index contributed by atoms with van der Waals surface area (Å²) in [5.74, 6) is -0.313. The molecule has 0 aliphatic heterocycles. The van der Waals surface area contributed by atoms with Gasteiger partial charge in [0.05, 0.1) is 5.56 Å². The maximum Gasteiger partial charge on any atom is 0.337 e. The van der Waals surface area contributed by atoms with Gasteiger partial charge in [-0.3, -0.25) is 0 Å². The second-order valence-electron chi connectivity index (χ2n) is 5.68. The maximum atomic E-state index is 11.1. The van der Waals surface area contributed by atoms with Crippen molar-refractivity contribution in [2.45, 2.75) is 39.2 Å². The number of anilines is 2. The second-order valence-corrected chi connectivity index (χ2v) is 5.68. The fourth-order valence-corrected chi connectivity index (χ4v) is 2.33. The van der Waals surface area contributed by atoms with Gasteiger partial charge in [-0.2, -0.15) is 0 Å². The standard InChI is InChI=1S/C14H20N2O2/c1-8-6-10(7-11(12(8)15)13(17)18)16-14(2,3)9-4-5-9/h6-7,9,16H,4-5,15H2,1-3H3,(H,17,18). The Morgan fingerprint density at radius 1 is 1.44 bits per heavy atom. The molecule has 0 atom stereocenters. The molecule has 0 spiro atoms. The minimum atomic E-state index is -0.983. The van der Waals surface area contributed by atoms with Crippen LogP contribution in [0.5, 0.6) is 0 Å². The lowest BCUT2D eigenvalue weighted by molar-refractivity contribution is 0.0698. The van der Waals surface area contributed by atoms with E-state index in [4.69, 9.17) is 10.8 Å². The zero-order valence-corrected chi connectivity index (χ0v) is 11.1. The van der Waals surface area contributed by atoms with E-state index in [0.29, 0.717) is 11.6 Å². The molecule has 1 saturated carbocycles. The minimum absolute atomic E-state index is 0.00166. The highest BCUT2D eigenvalue weighted by Gasteiger charge is 2.37. The van der Waals surface area contributed by atoms with E-state index < -0.39 is 5.97 Å². The van der Waals surface area contributed by atoms with Crippen LogP contribution in [-0.4, -0.2) is 16.6 Å². The van der Waals surface area contributed by atoms with E-state index in [0.717, 1.165) is 11.3 Å². The number of benzene rings is 1.